The Morgan fingerprint density at radius 3 is 2.81 bits per heavy atom. The van der Waals surface area contributed by atoms with Crippen LogP contribution in [0.3, 0.4) is 0 Å². The van der Waals surface area contributed by atoms with Gasteiger partial charge in [-0.25, -0.2) is 4.68 Å². The predicted octanol–water partition coefficient (Wildman–Crippen LogP) is 0.638. The molecule has 0 atom stereocenters. The summed E-state index contributed by atoms with van der Waals surface area (Å²) in [5.41, 5.74) is 7.21. The van der Waals surface area contributed by atoms with Gasteiger partial charge in [0.15, 0.2) is 0 Å². The van der Waals surface area contributed by atoms with Crippen molar-refractivity contribution in [2.24, 2.45) is 5.73 Å². The van der Waals surface area contributed by atoms with Gasteiger partial charge in [-0.3, -0.25) is 9.89 Å². The molecule has 0 amide bonds. The summed E-state index contributed by atoms with van der Waals surface area (Å²) in [6, 6.07) is 6.47. The number of phenolic OH excluding ortho intramolecular Hbond substituents is 1. The van der Waals surface area contributed by atoms with Gasteiger partial charge in [-0.05, 0) is 19.1 Å². The molecule has 0 radical (unpaired) electrons. The smallest absolute Gasteiger partial charge is 0.275 e. The van der Waals surface area contributed by atoms with Crippen LogP contribution in [0.2, 0.25) is 0 Å². The molecule has 0 aliphatic rings. The van der Waals surface area contributed by atoms with Crippen LogP contribution in [0.4, 0.5) is 0 Å². The van der Waals surface area contributed by atoms with Crippen molar-refractivity contribution in [1.29, 1.82) is 0 Å². The molecule has 0 saturated heterocycles. The average Bonchev–Trinajstić information content (AvgIpc) is 2.54. The lowest BCUT2D eigenvalue weighted by Crippen LogP contribution is -2.19. The Labute approximate surface area is 92.1 Å². The van der Waals surface area contributed by atoms with E-state index in [2.05, 4.69) is 5.10 Å². The molecule has 1 aromatic carbocycles. The number of nitrogens with zero attached hydrogens (tertiary/aromatic N) is 1. The highest BCUT2D eigenvalue weighted by atomic mass is 16.3. The first-order valence-electron chi connectivity index (χ1n) is 4.93. The predicted molar refractivity (Wildman–Crippen MR) is 60.7 cm³/mol. The van der Waals surface area contributed by atoms with Gasteiger partial charge in [0.25, 0.3) is 5.56 Å². The molecular weight excluding hydrogens is 206 g/mol. The molecule has 0 bridgehead atoms. The monoisotopic (exact) mass is 219 g/mol. The molecule has 2 rings (SSSR count). The summed E-state index contributed by atoms with van der Waals surface area (Å²) >= 11 is 0. The minimum Gasteiger partial charge on any atom is -0.508 e. The van der Waals surface area contributed by atoms with Gasteiger partial charge in [0.1, 0.15) is 5.75 Å². The summed E-state index contributed by atoms with van der Waals surface area (Å²) in [6.07, 6.45) is 0. The van der Waals surface area contributed by atoms with E-state index in [0.717, 1.165) is 5.69 Å². The molecule has 1 heterocycles. The van der Waals surface area contributed by atoms with Crippen molar-refractivity contribution in [3.63, 3.8) is 0 Å². The maximum atomic E-state index is 11.9. The number of aromatic nitrogens is 2. The normalized spacial score (nSPS) is 10.6. The van der Waals surface area contributed by atoms with E-state index in [9.17, 15) is 9.90 Å². The van der Waals surface area contributed by atoms with E-state index in [1.54, 1.807) is 25.1 Å². The Morgan fingerprint density at radius 1 is 1.50 bits per heavy atom. The maximum absolute atomic E-state index is 11.9. The van der Waals surface area contributed by atoms with Crippen molar-refractivity contribution in [3.05, 3.63) is 45.9 Å². The third-order valence-electron chi connectivity index (χ3n) is 2.49. The van der Waals surface area contributed by atoms with Gasteiger partial charge in [0, 0.05) is 18.3 Å². The SMILES string of the molecule is Cc1[nH]n(-c2cccc(O)c2)c(=O)c1CN. The molecule has 16 heavy (non-hydrogen) atoms. The van der Waals surface area contributed by atoms with Crippen molar-refractivity contribution in [3.8, 4) is 11.4 Å². The quantitative estimate of drug-likeness (QED) is 0.693. The lowest BCUT2D eigenvalue weighted by atomic mass is 10.2. The Balaban J connectivity index is 2.61. The Hall–Kier alpha value is -2.01. The number of H-pyrrole nitrogens is 1. The van der Waals surface area contributed by atoms with Crippen molar-refractivity contribution < 1.29 is 5.11 Å². The third kappa shape index (κ3) is 1.61. The highest BCUT2D eigenvalue weighted by Gasteiger charge is 2.10. The molecule has 0 aliphatic carbocycles. The molecule has 0 unspecified atom stereocenters. The van der Waals surface area contributed by atoms with Crippen molar-refractivity contribution in [1.82, 2.24) is 9.78 Å². The minimum absolute atomic E-state index is 0.117. The number of aromatic hydroxyl groups is 1. The molecule has 5 nitrogen and oxygen atoms in total. The van der Waals surface area contributed by atoms with Gasteiger partial charge in [-0.15, -0.1) is 0 Å². The van der Waals surface area contributed by atoms with Crippen LogP contribution in [0.1, 0.15) is 11.3 Å². The number of nitrogens with one attached hydrogen (secondary N) is 1. The number of nitrogens with two attached hydrogens (primary N) is 1. The zero-order chi connectivity index (χ0) is 11.7. The highest BCUT2D eigenvalue weighted by Crippen LogP contribution is 2.13. The molecular formula is C11H13N3O2. The van der Waals surface area contributed by atoms with Crippen LogP contribution in [-0.2, 0) is 6.54 Å². The van der Waals surface area contributed by atoms with E-state index in [0.29, 0.717) is 11.3 Å². The number of benzene rings is 1. The van der Waals surface area contributed by atoms with E-state index < -0.39 is 0 Å². The molecule has 5 heteroatoms. The topological polar surface area (TPSA) is 84.0 Å². The Morgan fingerprint density at radius 2 is 2.25 bits per heavy atom. The number of aryl methyl sites for hydroxylation is 1. The summed E-state index contributed by atoms with van der Waals surface area (Å²) < 4.78 is 1.37. The van der Waals surface area contributed by atoms with Gasteiger partial charge < -0.3 is 10.8 Å². The zero-order valence-electron chi connectivity index (χ0n) is 8.90. The van der Waals surface area contributed by atoms with Gasteiger partial charge in [0.2, 0.25) is 0 Å². The zero-order valence-corrected chi connectivity index (χ0v) is 8.90. The van der Waals surface area contributed by atoms with Crippen molar-refractivity contribution >= 4 is 0 Å². The lowest BCUT2D eigenvalue weighted by molar-refractivity contribution is 0.474. The molecule has 1 aromatic heterocycles. The van der Waals surface area contributed by atoms with Crippen LogP contribution in [0, 0.1) is 6.92 Å². The van der Waals surface area contributed by atoms with Gasteiger partial charge in [-0.1, -0.05) is 6.07 Å². The van der Waals surface area contributed by atoms with Crippen LogP contribution < -0.4 is 11.3 Å². The van der Waals surface area contributed by atoms with E-state index in [-0.39, 0.29) is 17.9 Å². The lowest BCUT2D eigenvalue weighted by Gasteiger charge is -2.01. The molecule has 0 aliphatic heterocycles. The van der Waals surface area contributed by atoms with Crippen molar-refractivity contribution in [2.75, 3.05) is 0 Å². The van der Waals surface area contributed by atoms with Crippen LogP contribution in [0.15, 0.2) is 29.1 Å². The summed E-state index contributed by atoms with van der Waals surface area (Å²) in [6.45, 7) is 2.00. The maximum Gasteiger partial charge on any atom is 0.275 e. The minimum atomic E-state index is -0.175. The average molecular weight is 219 g/mol. The molecule has 0 saturated carbocycles. The molecule has 0 spiro atoms. The second-order valence-corrected chi connectivity index (χ2v) is 3.58. The van der Waals surface area contributed by atoms with Crippen LogP contribution >= 0.6 is 0 Å². The number of rotatable bonds is 2. The fourth-order valence-corrected chi connectivity index (χ4v) is 1.64. The van der Waals surface area contributed by atoms with Gasteiger partial charge in [-0.2, -0.15) is 0 Å². The second-order valence-electron chi connectivity index (χ2n) is 3.58. The van der Waals surface area contributed by atoms with Gasteiger partial charge >= 0.3 is 0 Å². The molecule has 84 valence electrons. The summed E-state index contributed by atoms with van der Waals surface area (Å²) in [4.78, 5) is 11.9. The van der Waals surface area contributed by atoms with Crippen LogP contribution in [0.5, 0.6) is 5.75 Å². The number of phenols is 1. The van der Waals surface area contributed by atoms with E-state index >= 15 is 0 Å². The summed E-state index contributed by atoms with van der Waals surface area (Å²) in [7, 11) is 0. The fourth-order valence-electron chi connectivity index (χ4n) is 1.64. The first-order valence-corrected chi connectivity index (χ1v) is 4.93. The van der Waals surface area contributed by atoms with Crippen LogP contribution in [0.25, 0.3) is 5.69 Å². The van der Waals surface area contributed by atoms with Crippen LogP contribution in [-0.4, -0.2) is 14.9 Å². The first kappa shape index (κ1) is 10.5. The third-order valence-corrected chi connectivity index (χ3v) is 2.49. The number of aromatic amines is 1. The Kier molecular flexibility index (Phi) is 2.54. The Bertz CT molecular complexity index is 569. The number of hydrogen-bond donors (Lipinski definition) is 3. The van der Waals surface area contributed by atoms with Crippen molar-refractivity contribution in [2.45, 2.75) is 13.5 Å². The highest BCUT2D eigenvalue weighted by molar-refractivity contribution is 5.38. The molecule has 0 fully saturated rings. The first-order chi connectivity index (χ1) is 7.63. The molecule has 4 N–H and O–H groups in total. The summed E-state index contributed by atoms with van der Waals surface area (Å²) in [5.74, 6) is 0.117. The number of hydrogen-bond acceptors (Lipinski definition) is 3. The van der Waals surface area contributed by atoms with E-state index in [4.69, 9.17) is 5.73 Å². The molecule has 2 aromatic rings. The van der Waals surface area contributed by atoms with E-state index in [1.807, 2.05) is 0 Å². The van der Waals surface area contributed by atoms with Gasteiger partial charge in [0.05, 0.1) is 11.3 Å². The van der Waals surface area contributed by atoms with E-state index in [1.165, 1.54) is 10.7 Å². The largest absolute Gasteiger partial charge is 0.508 e. The second kappa shape index (κ2) is 3.86. The summed E-state index contributed by atoms with van der Waals surface area (Å²) in [5, 5.41) is 12.3. The fraction of sp³-hybridized carbons (Fsp3) is 0.182. The standard InChI is InChI=1S/C11H13N3O2/c1-7-10(6-12)11(16)14(13-7)8-3-2-4-9(15)5-8/h2-5,13,15H,6,12H2,1H3.